The summed E-state index contributed by atoms with van der Waals surface area (Å²) >= 11 is 0. The fourth-order valence-corrected chi connectivity index (χ4v) is 0. The molecule has 60 valence electrons. The second-order valence-electron chi connectivity index (χ2n) is 1.71. The molecule has 0 aliphatic heterocycles. The Morgan fingerprint density at radius 1 is 0.900 bits per heavy atom. The van der Waals surface area contributed by atoms with Crippen LogP contribution >= 0.6 is 17.0 Å². The van der Waals surface area contributed by atoms with E-state index in [1.54, 1.807) is 0 Å². The van der Waals surface area contributed by atoms with Gasteiger partial charge in [0.05, 0.1) is 0 Å². The maximum Gasteiger partial charge on any atom is 2.00 e. The molecule has 0 unspecified atom stereocenters. The molecule has 0 heterocycles. The van der Waals surface area contributed by atoms with E-state index in [1.807, 2.05) is 0 Å². The van der Waals surface area contributed by atoms with Gasteiger partial charge in [-0.25, -0.2) is 0 Å². The first-order valence-electron chi connectivity index (χ1n) is 3.41. The smallest absolute Gasteiger partial charge is 0.343 e. The SMILES string of the molecule is Br.[CH2-]CCC.[CH2-]CCC.[Mg+2]. The van der Waals surface area contributed by atoms with Crippen molar-refractivity contribution in [2.45, 2.75) is 39.5 Å². The van der Waals surface area contributed by atoms with Crippen LogP contribution in [0.25, 0.3) is 0 Å². The number of halogens is 1. The van der Waals surface area contributed by atoms with Gasteiger partial charge >= 0.3 is 23.1 Å². The number of rotatable bonds is 2. The molecule has 0 saturated heterocycles. The number of unbranched alkanes of at least 4 members (excludes halogenated alkanes) is 2. The first-order valence-corrected chi connectivity index (χ1v) is 3.41. The molecule has 0 spiro atoms. The zero-order valence-electron chi connectivity index (χ0n) is 7.36. The van der Waals surface area contributed by atoms with Crippen LogP contribution in [0.1, 0.15) is 39.5 Å². The van der Waals surface area contributed by atoms with Gasteiger partial charge in [0.1, 0.15) is 0 Å². The Bertz CT molecular complexity index is 17.2. The van der Waals surface area contributed by atoms with Crippen molar-refractivity contribution in [3.8, 4) is 0 Å². The topological polar surface area (TPSA) is 0 Å². The summed E-state index contributed by atoms with van der Waals surface area (Å²) in [6.07, 6.45) is 4.56. The first-order chi connectivity index (χ1) is 3.83. The molecule has 0 N–H and O–H groups in total. The molecule has 2 heteroatoms. The minimum absolute atomic E-state index is 0. The van der Waals surface area contributed by atoms with Crippen molar-refractivity contribution in [1.29, 1.82) is 0 Å². The molecule has 0 rings (SSSR count). The summed E-state index contributed by atoms with van der Waals surface area (Å²) in [4.78, 5) is 0. The molecule has 0 nitrogen and oxygen atoms in total. The van der Waals surface area contributed by atoms with Gasteiger partial charge in [0.2, 0.25) is 0 Å². The monoisotopic (exact) mass is 218 g/mol. The first kappa shape index (κ1) is 22.5. The van der Waals surface area contributed by atoms with Gasteiger partial charge in [0.25, 0.3) is 0 Å². The van der Waals surface area contributed by atoms with Gasteiger partial charge in [-0.2, -0.15) is 12.8 Å². The summed E-state index contributed by atoms with van der Waals surface area (Å²) in [6, 6.07) is 0. The molecular weight excluding hydrogens is 200 g/mol. The van der Waals surface area contributed by atoms with E-state index in [2.05, 4.69) is 27.7 Å². The van der Waals surface area contributed by atoms with E-state index in [4.69, 9.17) is 0 Å². The zero-order chi connectivity index (χ0) is 6.83. The Morgan fingerprint density at radius 2 is 1.00 bits per heavy atom. The van der Waals surface area contributed by atoms with Crippen molar-refractivity contribution in [3.05, 3.63) is 13.8 Å². The minimum Gasteiger partial charge on any atom is -0.343 e. The molecule has 0 amide bonds. The third-order valence-corrected chi connectivity index (χ3v) is 0.707. The molecule has 0 aliphatic carbocycles. The van der Waals surface area contributed by atoms with Gasteiger partial charge in [-0.15, -0.1) is 17.0 Å². The zero-order valence-corrected chi connectivity index (χ0v) is 10.5. The van der Waals surface area contributed by atoms with Crippen molar-refractivity contribution < 1.29 is 0 Å². The molecule has 0 aliphatic rings. The van der Waals surface area contributed by atoms with E-state index in [0.29, 0.717) is 0 Å². The fourth-order valence-electron chi connectivity index (χ4n) is 0. The second kappa shape index (κ2) is 31.8. The molecule has 0 aromatic heterocycles. The summed E-state index contributed by atoms with van der Waals surface area (Å²) in [5.74, 6) is 0. The van der Waals surface area contributed by atoms with E-state index >= 15 is 0 Å². The van der Waals surface area contributed by atoms with E-state index in [0.717, 1.165) is 12.8 Å². The Labute approximate surface area is 93.1 Å². The van der Waals surface area contributed by atoms with Crippen molar-refractivity contribution in [2.75, 3.05) is 0 Å². The molecular formula is C8H19BrMg. The Balaban J connectivity index is -0.0000000300. The van der Waals surface area contributed by atoms with Gasteiger partial charge < -0.3 is 13.8 Å². The fraction of sp³-hybridized carbons (Fsp3) is 0.750. The summed E-state index contributed by atoms with van der Waals surface area (Å²) in [6.45, 7) is 11.4. The maximum absolute atomic E-state index is 3.60. The van der Waals surface area contributed by atoms with Gasteiger partial charge in [0.15, 0.2) is 0 Å². The van der Waals surface area contributed by atoms with Gasteiger partial charge in [-0.1, -0.05) is 26.7 Å². The van der Waals surface area contributed by atoms with Gasteiger partial charge in [-0.05, 0) is 0 Å². The molecule has 0 radical (unpaired) electrons. The second-order valence-corrected chi connectivity index (χ2v) is 1.71. The van der Waals surface area contributed by atoms with Crippen LogP contribution in [0.15, 0.2) is 0 Å². The van der Waals surface area contributed by atoms with E-state index in [-0.39, 0.29) is 40.0 Å². The molecule has 0 aromatic carbocycles. The van der Waals surface area contributed by atoms with Crippen molar-refractivity contribution in [1.82, 2.24) is 0 Å². The molecule has 0 atom stereocenters. The van der Waals surface area contributed by atoms with Crippen LogP contribution in [0.4, 0.5) is 0 Å². The van der Waals surface area contributed by atoms with Crippen LogP contribution in [-0.2, 0) is 0 Å². The molecule has 0 fully saturated rings. The van der Waals surface area contributed by atoms with Crippen molar-refractivity contribution in [2.24, 2.45) is 0 Å². The van der Waals surface area contributed by atoms with Crippen LogP contribution in [0.5, 0.6) is 0 Å². The van der Waals surface area contributed by atoms with Crippen LogP contribution in [-0.4, -0.2) is 23.1 Å². The van der Waals surface area contributed by atoms with Gasteiger partial charge in [-0.3, -0.25) is 0 Å². The van der Waals surface area contributed by atoms with E-state index in [9.17, 15) is 0 Å². The van der Waals surface area contributed by atoms with Crippen LogP contribution in [0.3, 0.4) is 0 Å². The van der Waals surface area contributed by atoms with E-state index < -0.39 is 0 Å². The van der Waals surface area contributed by atoms with E-state index in [1.165, 1.54) is 12.8 Å². The molecule has 0 bridgehead atoms. The third kappa shape index (κ3) is 59.7. The predicted octanol–water partition coefficient (Wildman–Crippen LogP) is 3.44. The normalized spacial score (nSPS) is 6.00. The average molecular weight is 219 g/mol. The third-order valence-electron chi connectivity index (χ3n) is 0.707. The molecule has 0 saturated carbocycles. The summed E-state index contributed by atoms with van der Waals surface area (Å²) in [7, 11) is 0. The number of hydrogen-bond acceptors (Lipinski definition) is 0. The minimum atomic E-state index is 0. The Kier molecular flexibility index (Phi) is 71.6. The van der Waals surface area contributed by atoms with Gasteiger partial charge in [0, 0.05) is 0 Å². The van der Waals surface area contributed by atoms with Crippen LogP contribution in [0.2, 0.25) is 0 Å². The van der Waals surface area contributed by atoms with Crippen molar-refractivity contribution in [3.63, 3.8) is 0 Å². The number of hydrogen-bond donors (Lipinski definition) is 0. The Morgan fingerprint density at radius 3 is 1.00 bits per heavy atom. The van der Waals surface area contributed by atoms with Crippen LogP contribution in [0, 0.1) is 13.8 Å². The van der Waals surface area contributed by atoms with Crippen molar-refractivity contribution >= 4 is 40.0 Å². The summed E-state index contributed by atoms with van der Waals surface area (Å²) in [5.41, 5.74) is 0. The standard InChI is InChI=1S/2C4H9.BrH.Mg/c2*1-3-4-2;;/h2*1,3-4H2,2H3;1H;/q2*-1;;+2. The molecule has 10 heavy (non-hydrogen) atoms. The summed E-state index contributed by atoms with van der Waals surface area (Å²) < 4.78 is 0. The molecule has 0 aromatic rings. The maximum atomic E-state index is 3.60. The quantitative estimate of drug-likeness (QED) is 0.493. The van der Waals surface area contributed by atoms with Crippen LogP contribution < -0.4 is 0 Å². The largest absolute Gasteiger partial charge is 2.00 e. The average Bonchev–Trinajstić information content (AvgIpc) is 1.88. The predicted molar refractivity (Wildman–Crippen MR) is 56.6 cm³/mol. The summed E-state index contributed by atoms with van der Waals surface area (Å²) in [5, 5.41) is 0. The Hall–Kier alpha value is 1.25.